The Kier molecular flexibility index (Phi) is 4.53. The third kappa shape index (κ3) is 3.42. The summed E-state index contributed by atoms with van der Waals surface area (Å²) in [5, 5.41) is 10.2. The number of rotatable bonds is 5. The van der Waals surface area contributed by atoms with Gasteiger partial charge in [-0.15, -0.1) is 11.8 Å². The van der Waals surface area contributed by atoms with Gasteiger partial charge in [-0.3, -0.25) is 0 Å². The summed E-state index contributed by atoms with van der Waals surface area (Å²) in [5.41, 5.74) is 1.15. The molecular weight excluding hydrogens is 196 g/mol. The smallest absolute Gasteiger partial charge is 0.0544 e. The second-order valence-corrected chi connectivity index (χ2v) is 4.20. The Morgan fingerprint density at radius 2 is 2.07 bits per heavy atom. The van der Waals surface area contributed by atoms with Crippen molar-refractivity contribution in [2.45, 2.75) is 24.3 Å². The summed E-state index contributed by atoms with van der Waals surface area (Å²) < 4.78 is 0. The number of hydrogen-bond acceptors (Lipinski definition) is 3. The van der Waals surface area contributed by atoms with Crippen LogP contribution in [0.5, 0.6) is 0 Å². The van der Waals surface area contributed by atoms with E-state index in [1.165, 1.54) is 11.8 Å². The first-order valence-corrected chi connectivity index (χ1v) is 5.65. The highest BCUT2D eigenvalue weighted by Gasteiger charge is 2.07. The molecule has 0 bridgehead atoms. The first-order valence-electron chi connectivity index (χ1n) is 4.60. The van der Waals surface area contributed by atoms with Crippen molar-refractivity contribution in [2.24, 2.45) is 0 Å². The van der Waals surface area contributed by atoms with Gasteiger partial charge in [0.15, 0.2) is 0 Å². The summed E-state index contributed by atoms with van der Waals surface area (Å²) in [6, 6.07) is 9.85. The van der Waals surface area contributed by atoms with Crippen LogP contribution < -0.4 is 5.11 Å². The highest BCUT2D eigenvalue weighted by molar-refractivity contribution is 7.99. The summed E-state index contributed by atoms with van der Waals surface area (Å²) >= 11 is 1.42. The monoisotopic (exact) mass is 209 g/mol. The zero-order valence-electron chi connectivity index (χ0n) is 8.10. The van der Waals surface area contributed by atoms with Crippen molar-refractivity contribution in [1.82, 2.24) is 0 Å². The van der Waals surface area contributed by atoms with Crippen molar-refractivity contribution in [3.63, 3.8) is 0 Å². The van der Waals surface area contributed by atoms with Gasteiger partial charge in [-0.05, 0) is 12.0 Å². The minimum Gasteiger partial charge on any atom is -0.549 e. The van der Waals surface area contributed by atoms with Gasteiger partial charge in [0.05, 0.1) is 5.97 Å². The van der Waals surface area contributed by atoms with Crippen LogP contribution in [0.15, 0.2) is 30.3 Å². The lowest BCUT2D eigenvalue weighted by molar-refractivity contribution is -0.304. The molecule has 0 aliphatic carbocycles. The van der Waals surface area contributed by atoms with Crippen molar-refractivity contribution in [3.8, 4) is 0 Å². The first kappa shape index (κ1) is 11.1. The Labute approximate surface area is 88.3 Å². The van der Waals surface area contributed by atoms with E-state index in [0.717, 1.165) is 11.3 Å². The summed E-state index contributed by atoms with van der Waals surface area (Å²) in [7, 11) is 0. The van der Waals surface area contributed by atoms with Crippen molar-refractivity contribution in [1.29, 1.82) is 0 Å². The molecule has 1 aromatic rings. The Morgan fingerprint density at radius 1 is 1.43 bits per heavy atom. The molecule has 0 N–H and O–H groups in total. The van der Waals surface area contributed by atoms with Crippen LogP contribution in [-0.4, -0.2) is 11.2 Å². The zero-order valence-corrected chi connectivity index (χ0v) is 8.92. The molecule has 0 amide bonds. The molecule has 0 radical (unpaired) electrons. The fourth-order valence-electron chi connectivity index (χ4n) is 1.12. The third-order valence-corrected chi connectivity index (χ3v) is 3.36. The number of hydrogen-bond donors (Lipinski definition) is 0. The molecule has 2 nitrogen and oxygen atoms in total. The van der Waals surface area contributed by atoms with E-state index in [2.05, 4.69) is 0 Å². The lowest BCUT2D eigenvalue weighted by Crippen LogP contribution is -2.33. The molecule has 3 heteroatoms. The molecule has 14 heavy (non-hydrogen) atoms. The molecule has 0 heterocycles. The molecule has 0 spiro atoms. The van der Waals surface area contributed by atoms with Crippen LogP contribution in [0, 0.1) is 0 Å². The first-order chi connectivity index (χ1) is 6.74. The minimum atomic E-state index is -0.964. The van der Waals surface area contributed by atoms with Crippen molar-refractivity contribution < 1.29 is 9.90 Å². The normalized spacial score (nSPS) is 12.4. The largest absolute Gasteiger partial charge is 0.549 e. The van der Waals surface area contributed by atoms with E-state index in [9.17, 15) is 9.90 Å². The maximum atomic E-state index is 10.6. The average molecular weight is 209 g/mol. The van der Waals surface area contributed by atoms with Crippen LogP contribution in [0.4, 0.5) is 0 Å². The standard InChI is InChI=1S/C11H14O2S/c1-2-10(11(12)13)14-8-9-6-4-3-5-7-9/h3-7,10H,2,8H2,1H3,(H,12,13)/p-1. The third-order valence-electron chi connectivity index (χ3n) is 1.93. The molecule has 0 saturated carbocycles. The molecule has 0 aliphatic rings. The predicted molar refractivity (Wildman–Crippen MR) is 56.8 cm³/mol. The van der Waals surface area contributed by atoms with Crippen LogP contribution in [0.3, 0.4) is 0 Å². The Hall–Kier alpha value is -0.960. The molecular formula is C11H13O2S-. The van der Waals surface area contributed by atoms with Crippen LogP contribution in [0.25, 0.3) is 0 Å². The van der Waals surface area contributed by atoms with Gasteiger partial charge in [-0.2, -0.15) is 0 Å². The van der Waals surface area contributed by atoms with E-state index in [1.54, 1.807) is 0 Å². The van der Waals surface area contributed by atoms with E-state index < -0.39 is 11.2 Å². The number of carboxylic acids is 1. The van der Waals surface area contributed by atoms with Gasteiger partial charge in [0.2, 0.25) is 0 Å². The molecule has 0 aromatic heterocycles. The van der Waals surface area contributed by atoms with Crippen molar-refractivity contribution >= 4 is 17.7 Å². The zero-order chi connectivity index (χ0) is 10.4. The van der Waals surface area contributed by atoms with E-state index in [0.29, 0.717) is 6.42 Å². The van der Waals surface area contributed by atoms with Gasteiger partial charge in [0.25, 0.3) is 0 Å². The lowest BCUT2D eigenvalue weighted by atomic mass is 10.2. The number of carboxylic acid groups (broad SMARTS) is 1. The van der Waals surface area contributed by atoms with E-state index >= 15 is 0 Å². The van der Waals surface area contributed by atoms with Crippen LogP contribution >= 0.6 is 11.8 Å². The van der Waals surface area contributed by atoms with E-state index in [-0.39, 0.29) is 0 Å². The topological polar surface area (TPSA) is 40.1 Å². The highest BCUT2D eigenvalue weighted by Crippen LogP contribution is 2.19. The number of thioether (sulfide) groups is 1. The van der Waals surface area contributed by atoms with Crippen LogP contribution in [-0.2, 0) is 10.5 Å². The number of carbonyl (C=O) groups excluding carboxylic acids is 1. The summed E-state index contributed by atoms with van der Waals surface area (Å²) in [6.07, 6.45) is 0.611. The molecule has 0 aliphatic heterocycles. The number of aliphatic carboxylic acids is 1. The lowest BCUT2D eigenvalue weighted by Gasteiger charge is -2.14. The van der Waals surface area contributed by atoms with E-state index in [1.807, 2.05) is 37.3 Å². The van der Waals surface area contributed by atoms with Gasteiger partial charge in [0, 0.05) is 11.0 Å². The summed E-state index contributed by atoms with van der Waals surface area (Å²) in [4.78, 5) is 10.6. The maximum absolute atomic E-state index is 10.6. The van der Waals surface area contributed by atoms with Gasteiger partial charge in [-0.1, -0.05) is 37.3 Å². The Balaban J connectivity index is 2.44. The fraction of sp³-hybridized carbons (Fsp3) is 0.364. The number of benzene rings is 1. The molecule has 1 rings (SSSR count). The average Bonchev–Trinajstić information content (AvgIpc) is 2.20. The van der Waals surface area contributed by atoms with Gasteiger partial charge in [0.1, 0.15) is 0 Å². The van der Waals surface area contributed by atoms with E-state index in [4.69, 9.17) is 0 Å². The highest BCUT2D eigenvalue weighted by atomic mass is 32.2. The van der Waals surface area contributed by atoms with Crippen molar-refractivity contribution in [3.05, 3.63) is 35.9 Å². The molecule has 1 aromatic carbocycles. The summed E-state index contributed by atoms with van der Waals surface area (Å²) in [6.45, 7) is 1.86. The molecule has 1 atom stereocenters. The SMILES string of the molecule is CCC(SCc1ccccc1)C(=O)[O-]. The van der Waals surface area contributed by atoms with Gasteiger partial charge in [-0.25, -0.2) is 0 Å². The van der Waals surface area contributed by atoms with Gasteiger partial charge < -0.3 is 9.90 Å². The molecule has 0 fully saturated rings. The maximum Gasteiger partial charge on any atom is 0.0544 e. The number of carbonyl (C=O) groups is 1. The fourth-order valence-corrected chi connectivity index (χ4v) is 2.08. The van der Waals surface area contributed by atoms with Crippen LogP contribution in [0.2, 0.25) is 0 Å². The van der Waals surface area contributed by atoms with Crippen LogP contribution in [0.1, 0.15) is 18.9 Å². The molecule has 76 valence electrons. The second-order valence-electron chi connectivity index (χ2n) is 3.01. The Morgan fingerprint density at radius 3 is 2.57 bits per heavy atom. The van der Waals surface area contributed by atoms with Gasteiger partial charge >= 0.3 is 0 Å². The molecule has 0 saturated heterocycles. The molecule has 1 unspecified atom stereocenters. The minimum absolute atomic E-state index is 0.393. The quantitative estimate of drug-likeness (QED) is 0.737. The Bertz CT molecular complexity index is 285. The predicted octanol–water partition coefficient (Wildman–Crippen LogP) is 1.45. The second kappa shape index (κ2) is 5.70. The van der Waals surface area contributed by atoms with Crippen molar-refractivity contribution in [2.75, 3.05) is 0 Å². The summed E-state index contributed by atoms with van der Waals surface area (Å²) in [5.74, 6) is -0.235.